The van der Waals surface area contributed by atoms with Crippen molar-refractivity contribution in [3.8, 4) is 0 Å². The van der Waals surface area contributed by atoms with E-state index in [9.17, 15) is 4.79 Å². The first-order valence-corrected chi connectivity index (χ1v) is 10.3. The summed E-state index contributed by atoms with van der Waals surface area (Å²) in [5, 5.41) is 13.6. The normalized spacial score (nSPS) is 13.7. The number of benzene rings is 1. The Kier molecular flexibility index (Phi) is 4.75. The number of nitrogens with one attached hydrogen (secondary N) is 1. The van der Waals surface area contributed by atoms with Gasteiger partial charge in [-0.3, -0.25) is 9.48 Å². The Bertz CT molecular complexity index is 1240. The second-order valence-electron chi connectivity index (χ2n) is 7.72. The predicted molar refractivity (Wildman–Crippen MR) is 116 cm³/mol. The van der Waals surface area contributed by atoms with Gasteiger partial charge in [0.15, 0.2) is 5.65 Å². The summed E-state index contributed by atoms with van der Waals surface area (Å²) in [7, 11) is 0. The quantitative estimate of drug-likeness (QED) is 0.508. The molecule has 3 heterocycles. The minimum atomic E-state index is -0.166. The lowest BCUT2D eigenvalue weighted by Crippen LogP contribution is -2.19. The van der Waals surface area contributed by atoms with Crippen LogP contribution in [-0.4, -0.2) is 30.5 Å². The van der Waals surface area contributed by atoms with Gasteiger partial charge in [-0.25, -0.2) is 9.67 Å². The first kappa shape index (κ1) is 18.8. The molecule has 0 bridgehead atoms. The summed E-state index contributed by atoms with van der Waals surface area (Å²) < 4.78 is 3.44. The van der Waals surface area contributed by atoms with Crippen LogP contribution >= 0.6 is 11.6 Å². The van der Waals surface area contributed by atoms with Gasteiger partial charge in [0.2, 0.25) is 5.91 Å². The van der Waals surface area contributed by atoms with E-state index < -0.39 is 0 Å². The van der Waals surface area contributed by atoms with E-state index in [-0.39, 0.29) is 12.5 Å². The van der Waals surface area contributed by atoms with Crippen molar-refractivity contribution >= 4 is 34.2 Å². The molecule has 0 radical (unpaired) electrons. The third-order valence-corrected chi connectivity index (χ3v) is 5.54. The minimum Gasteiger partial charge on any atom is -0.322 e. The Hall–Kier alpha value is -3.19. The van der Waals surface area contributed by atoms with E-state index in [0.29, 0.717) is 23.2 Å². The van der Waals surface area contributed by atoms with Crippen LogP contribution in [0.4, 0.5) is 5.69 Å². The van der Waals surface area contributed by atoms with E-state index in [0.717, 1.165) is 22.3 Å². The van der Waals surface area contributed by atoms with E-state index in [1.54, 1.807) is 21.8 Å². The Balaban J connectivity index is 1.29. The number of amides is 1. The summed E-state index contributed by atoms with van der Waals surface area (Å²) in [6.07, 6.45) is 7.67. The van der Waals surface area contributed by atoms with Gasteiger partial charge < -0.3 is 5.32 Å². The molecular weight excluding hydrogens is 400 g/mol. The van der Waals surface area contributed by atoms with Crippen LogP contribution in [0.2, 0.25) is 5.02 Å². The molecule has 0 aliphatic heterocycles. The van der Waals surface area contributed by atoms with Crippen molar-refractivity contribution in [2.24, 2.45) is 0 Å². The van der Waals surface area contributed by atoms with Crippen molar-refractivity contribution in [1.82, 2.24) is 24.5 Å². The Morgan fingerprint density at radius 1 is 1.30 bits per heavy atom. The molecule has 8 heteroatoms. The molecule has 3 aromatic heterocycles. The zero-order valence-corrected chi connectivity index (χ0v) is 17.3. The van der Waals surface area contributed by atoms with Crippen LogP contribution < -0.4 is 5.32 Å². The molecule has 30 heavy (non-hydrogen) atoms. The molecule has 0 atom stereocenters. The lowest BCUT2D eigenvalue weighted by molar-refractivity contribution is -0.116. The number of fused-ring (bicyclic) bond motifs is 1. The summed E-state index contributed by atoms with van der Waals surface area (Å²) in [6, 6.07) is 9.70. The lowest BCUT2D eigenvalue weighted by Gasteiger charge is -2.05. The standard InChI is InChI=1S/C22H21ClN6O/c1-14-21-19(16-5-6-16)7-8-24-22(21)29(27-14)13-20(30)26-18-10-25-28(12-18)11-15-3-2-4-17(23)9-15/h2-4,7-10,12,16H,5-6,11,13H2,1H3,(H,26,30). The van der Waals surface area contributed by atoms with Crippen molar-refractivity contribution in [3.63, 3.8) is 0 Å². The van der Waals surface area contributed by atoms with Crippen LogP contribution in [0.25, 0.3) is 11.0 Å². The molecule has 0 saturated heterocycles. The number of hydrogen-bond donors (Lipinski definition) is 1. The van der Waals surface area contributed by atoms with Gasteiger partial charge in [0, 0.05) is 22.8 Å². The van der Waals surface area contributed by atoms with Crippen molar-refractivity contribution in [2.45, 2.75) is 38.8 Å². The molecular formula is C22H21ClN6O. The van der Waals surface area contributed by atoms with Crippen LogP contribution in [-0.2, 0) is 17.9 Å². The maximum absolute atomic E-state index is 12.6. The zero-order valence-electron chi connectivity index (χ0n) is 16.5. The highest BCUT2D eigenvalue weighted by atomic mass is 35.5. The van der Waals surface area contributed by atoms with Gasteiger partial charge in [-0.15, -0.1) is 0 Å². The van der Waals surface area contributed by atoms with Crippen molar-refractivity contribution in [1.29, 1.82) is 0 Å². The molecule has 1 aliphatic rings. The molecule has 1 amide bonds. The number of nitrogens with zero attached hydrogens (tertiary/aromatic N) is 5. The number of hydrogen-bond acceptors (Lipinski definition) is 4. The average Bonchev–Trinajstić information content (AvgIpc) is 3.40. The number of aryl methyl sites for hydroxylation is 1. The Morgan fingerprint density at radius 2 is 2.17 bits per heavy atom. The van der Waals surface area contributed by atoms with E-state index in [2.05, 4.69) is 26.6 Å². The van der Waals surface area contributed by atoms with Gasteiger partial charge >= 0.3 is 0 Å². The highest BCUT2D eigenvalue weighted by molar-refractivity contribution is 6.30. The van der Waals surface area contributed by atoms with Crippen LogP contribution in [0.5, 0.6) is 0 Å². The van der Waals surface area contributed by atoms with Crippen LogP contribution in [0.1, 0.15) is 35.6 Å². The number of carbonyl (C=O) groups excluding carboxylic acids is 1. The van der Waals surface area contributed by atoms with E-state index in [1.165, 1.54) is 18.4 Å². The summed E-state index contributed by atoms with van der Waals surface area (Å²) in [6.45, 7) is 2.66. The fourth-order valence-corrected chi connectivity index (χ4v) is 4.04. The van der Waals surface area contributed by atoms with Crippen LogP contribution in [0.15, 0.2) is 48.9 Å². The minimum absolute atomic E-state index is 0.102. The van der Waals surface area contributed by atoms with E-state index in [1.807, 2.05) is 37.4 Å². The molecule has 1 saturated carbocycles. The van der Waals surface area contributed by atoms with Gasteiger partial charge in [0.05, 0.1) is 24.1 Å². The largest absolute Gasteiger partial charge is 0.322 e. The number of carbonyl (C=O) groups is 1. The molecule has 0 unspecified atom stereocenters. The highest BCUT2D eigenvalue weighted by Crippen LogP contribution is 2.43. The molecule has 1 aromatic carbocycles. The fraction of sp³-hybridized carbons (Fsp3) is 0.273. The first-order valence-electron chi connectivity index (χ1n) is 9.95. The second-order valence-corrected chi connectivity index (χ2v) is 8.16. The van der Waals surface area contributed by atoms with Gasteiger partial charge in [0.25, 0.3) is 0 Å². The van der Waals surface area contributed by atoms with Gasteiger partial charge in [-0.1, -0.05) is 23.7 Å². The highest BCUT2D eigenvalue weighted by Gasteiger charge is 2.27. The van der Waals surface area contributed by atoms with Crippen molar-refractivity contribution in [2.75, 3.05) is 5.32 Å². The smallest absolute Gasteiger partial charge is 0.246 e. The first-order chi connectivity index (χ1) is 14.6. The Morgan fingerprint density at radius 3 is 2.97 bits per heavy atom. The lowest BCUT2D eigenvalue weighted by atomic mass is 10.1. The fourth-order valence-electron chi connectivity index (χ4n) is 3.83. The van der Waals surface area contributed by atoms with E-state index >= 15 is 0 Å². The number of aromatic nitrogens is 5. The van der Waals surface area contributed by atoms with Gasteiger partial charge in [-0.2, -0.15) is 10.2 Å². The summed E-state index contributed by atoms with van der Waals surface area (Å²) in [5.41, 5.74) is 4.67. The number of pyridine rings is 1. The number of rotatable bonds is 6. The maximum atomic E-state index is 12.6. The van der Waals surface area contributed by atoms with Gasteiger partial charge in [0.1, 0.15) is 6.54 Å². The second kappa shape index (κ2) is 7.57. The zero-order chi connectivity index (χ0) is 20.7. The molecule has 0 spiro atoms. The van der Waals surface area contributed by atoms with Crippen LogP contribution in [0, 0.1) is 6.92 Å². The third-order valence-electron chi connectivity index (χ3n) is 5.30. The molecule has 152 valence electrons. The molecule has 7 nitrogen and oxygen atoms in total. The van der Waals surface area contributed by atoms with Crippen LogP contribution in [0.3, 0.4) is 0 Å². The summed E-state index contributed by atoms with van der Waals surface area (Å²) >= 11 is 6.04. The van der Waals surface area contributed by atoms with Gasteiger partial charge in [-0.05, 0) is 55.0 Å². The van der Waals surface area contributed by atoms with Crippen molar-refractivity contribution < 1.29 is 4.79 Å². The maximum Gasteiger partial charge on any atom is 0.246 e. The number of halogens is 1. The average molecular weight is 421 g/mol. The molecule has 1 fully saturated rings. The van der Waals surface area contributed by atoms with Crippen molar-refractivity contribution in [3.05, 3.63) is 70.8 Å². The molecule has 1 aliphatic carbocycles. The Labute approximate surface area is 178 Å². The summed E-state index contributed by atoms with van der Waals surface area (Å²) in [4.78, 5) is 17.1. The van der Waals surface area contributed by atoms with E-state index in [4.69, 9.17) is 11.6 Å². The molecule has 5 rings (SSSR count). The third kappa shape index (κ3) is 3.80. The topological polar surface area (TPSA) is 77.6 Å². The molecule has 4 aromatic rings. The number of anilines is 1. The monoisotopic (exact) mass is 420 g/mol. The molecule has 1 N–H and O–H groups in total. The predicted octanol–water partition coefficient (Wildman–Crippen LogP) is 4.15. The summed E-state index contributed by atoms with van der Waals surface area (Å²) in [5.74, 6) is 0.436. The SMILES string of the molecule is Cc1nn(CC(=O)Nc2cnn(Cc3cccc(Cl)c3)c2)c2nccc(C3CC3)c12.